The minimum absolute atomic E-state index is 0.129. The molecule has 30 heavy (non-hydrogen) atoms. The largest absolute Gasteiger partial charge is 0.380 e. The lowest BCUT2D eigenvalue weighted by Crippen LogP contribution is -2.54. The highest BCUT2D eigenvalue weighted by molar-refractivity contribution is 7.89. The standard InChI is InChI=1S/C21H24N4O3S2/c26-30(27,20-8-4-7-18-21(20)23-29-22-18)25-10-9-17-15-28-12-11-24(19(17)14-25)13-16-5-2-1-3-6-16/h1-8,17,19H,9-15H2. The van der Waals surface area contributed by atoms with E-state index in [0.717, 1.165) is 31.2 Å². The van der Waals surface area contributed by atoms with Crippen LogP contribution >= 0.6 is 11.7 Å². The van der Waals surface area contributed by atoms with Gasteiger partial charge < -0.3 is 4.74 Å². The average molecular weight is 445 g/mol. The zero-order valence-electron chi connectivity index (χ0n) is 16.6. The lowest BCUT2D eigenvalue weighted by Gasteiger charge is -2.41. The van der Waals surface area contributed by atoms with Crippen LogP contribution in [0.15, 0.2) is 53.4 Å². The fourth-order valence-corrected chi connectivity index (χ4v) is 6.73. The summed E-state index contributed by atoms with van der Waals surface area (Å²) in [6.45, 7) is 3.93. The molecule has 158 valence electrons. The second-order valence-corrected chi connectivity index (χ2v) is 10.3. The van der Waals surface area contributed by atoms with Crippen molar-refractivity contribution < 1.29 is 13.2 Å². The van der Waals surface area contributed by atoms with Gasteiger partial charge in [-0.05, 0) is 24.1 Å². The fraction of sp³-hybridized carbons (Fsp3) is 0.429. The second-order valence-electron chi connectivity index (χ2n) is 7.90. The Hall–Kier alpha value is -1.91. The van der Waals surface area contributed by atoms with E-state index in [1.54, 1.807) is 22.5 Å². The smallest absolute Gasteiger partial charge is 0.245 e. The lowest BCUT2D eigenvalue weighted by atomic mass is 9.92. The van der Waals surface area contributed by atoms with Crippen LogP contribution in [0.3, 0.4) is 0 Å². The van der Waals surface area contributed by atoms with E-state index >= 15 is 0 Å². The molecule has 2 aliphatic heterocycles. The normalized spacial score (nSPS) is 23.9. The summed E-state index contributed by atoms with van der Waals surface area (Å²) in [6, 6.07) is 15.6. The summed E-state index contributed by atoms with van der Waals surface area (Å²) in [5, 5.41) is 0. The van der Waals surface area contributed by atoms with Crippen molar-refractivity contribution in [2.75, 3.05) is 32.8 Å². The van der Waals surface area contributed by atoms with Crippen molar-refractivity contribution in [1.29, 1.82) is 0 Å². The molecule has 0 aliphatic carbocycles. The number of piperidine rings is 1. The Morgan fingerprint density at radius 1 is 1.07 bits per heavy atom. The van der Waals surface area contributed by atoms with Gasteiger partial charge >= 0.3 is 0 Å². The Kier molecular flexibility index (Phi) is 5.55. The van der Waals surface area contributed by atoms with Gasteiger partial charge in [0.05, 0.1) is 24.9 Å². The van der Waals surface area contributed by atoms with Gasteiger partial charge in [0.25, 0.3) is 0 Å². The predicted molar refractivity (Wildman–Crippen MR) is 116 cm³/mol. The van der Waals surface area contributed by atoms with Gasteiger partial charge in [-0.25, -0.2) is 8.42 Å². The molecule has 0 radical (unpaired) electrons. The first-order chi connectivity index (χ1) is 14.6. The van der Waals surface area contributed by atoms with E-state index in [1.165, 1.54) is 5.56 Å². The second kappa shape index (κ2) is 8.32. The molecule has 0 bridgehead atoms. The molecule has 2 atom stereocenters. The molecular weight excluding hydrogens is 420 g/mol. The first kappa shape index (κ1) is 20.0. The maximum Gasteiger partial charge on any atom is 0.245 e. The molecule has 0 N–H and O–H groups in total. The maximum atomic E-state index is 13.5. The van der Waals surface area contributed by atoms with Gasteiger partial charge in [0.1, 0.15) is 15.9 Å². The number of sulfonamides is 1. The average Bonchev–Trinajstić information content (AvgIpc) is 3.17. The van der Waals surface area contributed by atoms with Crippen molar-refractivity contribution in [2.24, 2.45) is 5.92 Å². The highest BCUT2D eigenvalue weighted by atomic mass is 32.2. The molecule has 2 unspecified atom stereocenters. The topological polar surface area (TPSA) is 75.6 Å². The van der Waals surface area contributed by atoms with E-state index in [9.17, 15) is 8.42 Å². The lowest BCUT2D eigenvalue weighted by molar-refractivity contribution is 0.0767. The van der Waals surface area contributed by atoms with Crippen molar-refractivity contribution >= 4 is 32.8 Å². The third-order valence-electron chi connectivity index (χ3n) is 6.10. The molecule has 3 heterocycles. The summed E-state index contributed by atoms with van der Waals surface area (Å²) in [7, 11) is -3.65. The molecule has 3 aromatic rings. The number of benzene rings is 2. The number of nitrogens with zero attached hydrogens (tertiary/aromatic N) is 4. The zero-order valence-corrected chi connectivity index (χ0v) is 18.2. The Balaban J connectivity index is 1.43. The van der Waals surface area contributed by atoms with Crippen LogP contribution in [0.4, 0.5) is 0 Å². The number of fused-ring (bicyclic) bond motifs is 2. The minimum Gasteiger partial charge on any atom is -0.380 e. The van der Waals surface area contributed by atoms with Crippen LogP contribution in [0, 0.1) is 5.92 Å². The molecule has 1 aromatic heterocycles. The predicted octanol–water partition coefficient (Wildman–Crippen LogP) is 2.60. The molecule has 0 saturated carbocycles. The summed E-state index contributed by atoms with van der Waals surface area (Å²) >= 11 is 1.04. The Labute approximate surface area is 180 Å². The van der Waals surface area contributed by atoms with E-state index in [2.05, 4.69) is 25.8 Å². The fourth-order valence-electron chi connectivity index (χ4n) is 4.50. The van der Waals surface area contributed by atoms with Gasteiger partial charge in [-0.3, -0.25) is 4.90 Å². The van der Waals surface area contributed by atoms with Crippen molar-refractivity contribution in [2.45, 2.75) is 23.9 Å². The molecule has 0 amide bonds. The van der Waals surface area contributed by atoms with E-state index in [-0.39, 0.29) is 10.9 Å². The van der Waals surface area contributed by atoms with Gasteiger partial charge in [0.15, 0.2) is 0 Å². The van der Waals surface area contributed by atoms with Crippen LogP contribution in [0.25, 0.3) is 11.0 Å². The number of ether oxygens (including phenoxy) is 1. The SMILES string of the molecule is O=S(=O)(c1cccc2nsnc12)N1CCC2COCCN(Cc3ccccc3)C2C1. The summed E-state index contributed by atoms with van der Waals surface area (Å²) in [6.07, 6.45) is 0.792. The molecular formula is C21H24N4O3S2. The Morgan fingerprint density at radius 2 is 1.93 bits per heavy atom. The Morgan fingerprint density at radius 3 is 2.80 bits per heavy atom. The summed E-state index contributed by atoms with van der Waals surface area (Å²) < 4.78 is 43.0. The van der Waals surface area contributed by atoms with Crippen LogP contribution in [-0.4, -0.2) is 65.3 Å². The van der Waals surface area contributed by atoms with Gasteiger partial charge in [0.2, 0.25) is 10.0 Å². The van der Waals surface area contributed by atoms with Gasteiger partial charge in [-0.15, -0.1) is 0 Å². The van der Waals surface area contributed by atoms with Gasteiger partial charge in [0, 0.05) is 38.1 Å². The quantitative estimate of drug-likeness (QED) is 0.616. The number of aromatic nitrogens is 2. The molecule has 2 saturated heterocycles. The van der Waals surface area contributed by atoms with Crippen LogP contribution in [0.5, 0.6) is 0 Å². The van der Waals surface area contributed by atoms with Gasteiger partial charge in [-0.1, -0.05) is 36.4 Å². The summed E-state index contributed by atoms with van der Waals surface area (Å²) in [5.74, 6) is 0.333. The van der Waals surface area contributed by atoms with Crippen LogP contribution in [-0.2, 0) is 21.3 Å². The first-order valence-electron chi connectivity index (χ1n) is 10.2. The van der Waals surface area contributed by atoms with Gasteiger partial charge in [-0.2, -0.15) is 13.1 Å². The molecule has 7 nitrogen and oxygen atoms in total. The summed E-state index contributed by atoms with van der Waals surface area (Å²) in [5.41, 5.74) is 2.33. The summed E-state index contributed by atoms with van der Waals surface area (Å²) in [4.78, 5) is 2.64. The molecule has 2 fully saturated rings. The number of rotatable bonds is 4. The highest BCUT2D eigenvalue weighted by Crippen LogP contribution is 2.31. The van der Waals surface area contributed by atoms with Crippen molar-refractivity contribution in [1.82, 2.24) is 18.0 Å². The molecule has 0 spiro atoms. The van der Waals surface area contributed by atoms with Crippen LogP contribution < -0.4 is 0 Å². The molecule has 2 aliphatic rings. The maximum absolute atomic E-state index is 13.5. The van der Waals surface area contributed by atoms with Crippen molar-refractivity contribution in [3.63, 3.8) is 0 Å². The third-order valence-corrected chi connectivity index (χ3v) is 8.54. The van der Waals surface area contributed by atoms with E-state index in [1.807, 2.05) is 18.2 Å². The highest BCUT2D eigenvalue weighted by Gasteiger charge is 2.40. The molecule has 9 heteroatoms. The minimum atomic E-state index is -3.65. The molecule has 2 aromatic carbocycles. The third kappa shape index (κ3) is 3.76. The van der Waals surface area contributed by atoms with Crippen LogP contribution in [0.2, 0.25) is 0 Å². The first-order valence-corrected chi connectivity index (χ1v) is 12.4. The number of hydrogen-bond acceptors (Lipinski definition) is 7. The van der Waals surface area contributed by atoms with E-state index < -0.39 is 10.0 Å². The van der Waals surface area contributed by atoms with Crippen molar-refractivity contribution in [3.05, 3.63) is 54.1 Å². The van der Waals surface area contributed by atoms with E-state index in [0.29, 0.717) is 43.3 Å². The molecule has 5 rings (SSSR count). The monoisotopic (exact) mass is 444 g/mol. The number of hydrogen-bond donors (Lipinski definition) is 0. The zero-order chi connectivity index (χ0) is 20.6. The Bertz CT molecular complexity index is 1120. The van der Waals surface area contributed by atoms with Crippen molar-refractivity contribution in [3.8, 4) is 0 Å². The van der Waals surface area contributed by atoms with Crippen LogP contribution in [0.1, 0.15) is 12.0 Å². The van der Waals surface area contributed by atoms with E-state index in [4.69, 9.17) is 4.74 Å².